The van der Waals surface area contributed by atoms with Crippen LogP contribution in [0.25, 0.3) is 0 Å². The minimum atomic E-state index is -1.06. The van der Waals surface area contributed by atoms with Crippen LogP contribution in [0.5, 0.6) is 5.75 Å². The van der Waals surface area contributed by atoms with E-state index in [9.17, 15) is 9.59 Å². The summed E-state index contributed by atoms with van der Waals surface area (Å²) in [5, 5.41) is 7.13. The number of rotatable bonds is 5. The molecule has 1 saturated heterocycles. The fraction of sp³-hybridized carbons (Fsp3) is 0.571. The molecule has 2 heterocycles. The van der Waals surface area contributed by atoms with E-state index < -0.39 is 5.60 Å². The molecule has 2 atom stereocenters. The first-order valence-corrected chi connectivity index (χ1v) is 9.82. The normalized spacial score (nSPS) is 24.5. The number of nitrogens with zero attached hydrogens (tertiary/aromatic N) is 2. The standard InChI is InChI=1S/C21H29N3O4/c1-14(2)22-19(25)15-8-7-11-24(13-15)20(26)21(3)12-17(23-28-21)16-9-5-6-10-18(16)27-4/h5-6,9-10,14-15H,7-8,11-13H2,1-4H3,(H,22,25). The first-order valence-electron chi connectivity index (χ1n) is 9.82. The SMILES string of the molecule is COc1ccccc1C1=NOC(C)(C(=O)N2CCCC(C(=O)NC(C)C)C2)C1. The van der Waals surface area contributed by atoms with Gasteiger partial charge >= 0.3 is 0 Å². The minimum absolute atomic E-state index is 0.0101. The second kappa shape index (κ2) is 8.20. The number of ether oxygens (including phenoxy) is 1. The number of oxime groups is 1. The van der Waals surface area contributed by atoms with Crippen LogP contribution in [-0.2, 0) is 14.4 Å². The number of carbonyl (C=O) groups excluding carboxylic acids is 2. The van der Waals surface area contributed by atoms with E-state index in [-0.39, 0.29) is 23.8 Å². The largest absolute Gasteiger partial charge is 0.496 e. The smallest absolute Gasteiger partial charge is 0.269 e. The van der Waals surface area contributed by atoms with Gasteiger partial charge in [0.2, 0.25) is 11.5 Å². The Morgan fingerprint density at radius 1 is 1.36 bits per heavy atom. The first kappa shape index (κ1) is 20.2. The van der Waals surface area contributed by atoms with E-state index in [2.05, 4.69) is 10.5 Å². The van der Waals surface area contributed by atoms with Gasteiger partial charge in [-0.1, -0.05) is 17.3 Å². The molecule has 28 heavy (non-hydrogen) atoms. The average Bonchev–Trinajstić information content (AvgIpc) is 3.10. The van der Waals surface area contributed by atoms with E-state index in [1.165, 1.54) is 0 Å². The molecule has 2 unspecified atom stereocenters. The predicted octanol–water partition coefficient (Wildman–Crippen LogP) is 2.34. The lowest BCUT2D eigenvalue weighted by Gasteiger charge is -2.36. The maximum Gasteiger partial charge on any atom is 0.269 e. The van der Waals surface area contributed by atoms with Crippen LogP contribution >= 0.6 is 0 Å². The van der Waals surface area contributed by atoms with Crippen molar-refractivity contribution in [1.82, 2.24) is 10.2 Å². The average molecular weight is 387 g/mol. The molecule has 7 heteroatoms. The molecule has 1 N–H and O–H groups in total. The Balaban J connectivity index is 1.68. The summed E-state index contributed by atoms with van der Waals surface area (Å²) < 4.78 is 5.40. The van der Waals surface area contributed by atoms with Crippen molar-refractivity contribution in [3.05, 3.63) is 29.8 Å². The van der Waals surface area contributed by atoms with Crippen molar-refractivity contribution >= 4 is 17.5 Å². The van der Waals surface area contributed by atoms with Gasteiger partial charge in [-0.05, 0) is 45.7 Å². The fourth-order valence-corrected chi connectivity index (χ4v) is 3.79. The molecule has 152 valence electrons. The highest BCUT2D eigenvalue weighted by Crippen LogP contribution is 2.32. The maximum absolute atomic E-state index is 13.2. The van der Waals surface area contributed by atoms with Crippen molar-refractivity contribution in [2.75, 3.05) is 20.2 Å². The third-order valence-corrected chi connectivity index (χ3v) is 5.24. The van der Waals surface area contributed by atoms with Gasteiger partial charge in [0.25, 0.3) is 5.91 Å². The zero-order valence-electron chi connectivity index (χ0n) is 17.0. The van der Waals surface area contributed by atoms with Gasteiger partial charge in [0.1, 0.15) is 5.75 Å². The third kappa shape index (κ3) is 4.13. The number of hydrogen-bond donors (Lipinski definition) is 1. The lowest BCUT2D eigenvalue weighted by Crippen LogP contribution is -2.53. The van der Waals surface area contributed by atoms with Gasteiger partial charge in [0, 0.05) is 31.1 Å². The Bertz CT molecular complexity index is 777. The molecular formula is C21H29N3O4. The summed E-state index contributed by atoms with van der Waals surface area (Å²) in [5.74, 6) is 0.406. The number of piperidine rings is 1. The van der Waals surface area contributed by atoms with Crippen molar-refractivity contribution < 1.29 is 19.2 Å². The van der Waals surface area contributed by atoms with Crippen molar-refractivity contribution in [3.8, 4) is 5.75 Å². The second-order valence-electron chi connectivity index (χ2n) is 7.99. The maximum atomic E-state index is 13.2. The second-order valence-corrected chi connectivity index (χ2v) is 7.99. The number of para-hydroxylation sites is 1. The quantitative estimate of drug-likeness (QED) is 0.841. The van der Waals surface area contributed by atoms with Crippen LogP contribution < -0.4 is 10.1 Å². The molecule has 0 aliphatic carbocycles. The Kier molecular flexibility index (Phi) is 5.91. The number of carbonyl (C=O) groups is 2. The van der Waals surface area contributed by atoms with Crippen LogP contribution in [0.3, 0.4) is 0 Å². The topological polar surface area (TPSA) is 80.2 Å². The fourth-order valence-electron chi connectivity index (χ4n) is 3.79. The summed E-state index contributed by atoms with van der Waals surface area (Å²) >= 11 is 0. The summed E-state index contributed by atoms with van der Waals surface area (Å²) in [6.45, 7) is 6.69. The van der Waals surface area contributed by atoms with E-state index in [4.69, 9.17) is 9.57 Å². The van der Waals surface area contributed by atoms with Gasteiger partial charge in [0.15, 0.2) is 0 Å². The molecular weight excluding hydrogens is 358 g/mol. The lowest BCUT2D eigenvalue weighted by molar-refractivity contribution is -0.155. The molecule has 2 aliphatic heterocycles. The van der Waals surface area contributed by atoms with Crippen LogP contribution in [0.15, 0.2) is 29.4 Å². The van der Waals surface area contributed by atoms with Crippen molar-refractivity contribution in [2.24, 2.45) is 11.1 Å². The van der Waals surface area contributed by atoms with E-state index in [0.717, 1.165) is 18.4 Å². The van der Waals surface area contributed by atoms with Gasteiger partial charge < -0.3 is 19.8 Å². The van der Waals surface area contributed by atoms with Gasteiger partial charge in [-0.25, -0.2) is 0 Å². The van der Waals surface area contributed by atoms with Crippen molar-refractivity contribution in [2.45, 2.75) is 51.7 Å². The van der Waals surface area contributed by atoms with E-state index in [0.29, 0.717) is 31.0 Å². The number of likely N-dealkylation sites (tertiary alicyclic amines) is 1. The molecule has 2 amide bonds. The molecule has 3 rings (SSSR count). The van der Waals surface area contributed by atoms with Gasteiger partial charge in [-0.15, -0.1) is 0 Å². The molecule has 1 aromatic carbocycles. The van der Waals surface area contributed by atoms with Crippen molar-refractivity contribution in [3.63, 3.8) is 0 Å². The molecule has 0 spiro atoms. The van der Waals surface area contributed by atoms with Crippen LogP contribution in [0, 0.1) is 5.92 Å². The molecule has 0 saturated carbocycles. The summed E-state index contributed by atoms with van der Waals surface area (Å²) in [5.41, 5.74) is 0.459. The predicted molar refractivity (Wildman–Crippen MR) is 106 cm³/mol. The number of hydrogen-bond acceptors (Lipinski definition) is 5. The monoisotopic (exact) mass is 387 g/mol. The number of methoxy groups -OCH3 is 1. The summed E-state index contributed by atoms with van der Waals surface area (Å²) in [7, 11) is 1.61. The molecule has 0 aromatic heterocycles. The van der Waals surface area contributed by atoms with Crippen molar-refractivity contribution in [1.29, 1.82) is 0 Å². The highest BCUT2D eigenvalue weighted by Gasteiger charge is 2.46. The Morgan fingerprint density at radius 3 is 2.82 bits per heavy atom. The first-order chi connectivity index (χ1) is 13.3. The zero-order valence-corrected chi connectivity index (χ0v) is 17.0. The summed E-state index contributed by atoms with van der Waals surface area (Å²) in [6, 6.07) is 7.65. The highest BCUT2D eigenvalue weighted by molar-refractivity contribution is 6.07. The van der Waals surface area contributed by atoms with Gasteiger partial charge in [-0.2, -0.15) is 0 Å². The number of benzene rings is 1. The molecule has 1 aromatic rings. The Morgan fingerprint density at radius 2 is 2.11 bits per heavy atom. The molecule has 2 aliphatic rings. The zero-order chi connectivity index (χ0) is 20.3. The number of amides is 2. The lowest BCUT2D eigenvalue weighted by atomic mass is 9.91. The molecule has 0 radical (unpaired) electrons. The van der Waals surface area contributed by atoms with E-state index in [1.807, 2.05) is 38.1 Å². The molecule has 7 nitrogen and oxygen atoms in total. The van der Waals surface area contributed by atoms with Crippen LogP contribution in [-0.4, -0.2) is 54.3 Å². The van der Waals surface area contributed by atoms with Crippen LogP contribution in [0.1, 0.15) is 45.6 Å². The van der Waals surface area contributed by atoms with Crippen LogP contribution in [0.4, 0.5) is 0 Å². The highest BCUT2D eigenvalue weighted by atomic mass is 16.7. The summed E-state index contributed by atoms with van der Waals surface area (Å²) in [4.78, 5) is 32.9. The van der Waals surface area contributed by atoms with Crippen LogP contribution in [0.2, 0.25) is 0 Å². The van der Waals surface area contributed by atoms with Gasteiger partial charge in [-0.3, -0.25) is 9.59 Å². The summed E-state index contributed by atoms with van der Waals surface area (Å²) in [6.07, 6.45) is 1.96. The molecule has 1 fully saturated rings. The van der Waals surface area contributed by atoms with E-state index >= 15 is 0 Å². The van der Waals surface area contributed by atoms with Gasteiger partial charge in [0.05, 0.1) is 18.7 Å². The minimum Gasteiger partial charge on any atom is -0.496 e. The number of nitrogens with one attached hydrogen (secondary N) is 1. The Labute approximate surface area is 166 Å². The van der Waals surface area contributed by atoms with E-state index in [1.54, 1.807) is 18.9 Å². The third-order valence-electron chi connectivity index (χ3n) is 5.24. The molecule has 0 bridgehead atoms. The Hall–Kier alpha value is -2.57.